The highest BCUT2D eigenvalue weighted by Crippen LogP contribution is 2.30. The second kappa shape index (κ2) is 8.72. The molecule has 1 fully saturated rings. The number of hydrogen-bond donors (Lipinski definition) is 0. The maximum absolute atomic E-state index is 6.00. The van der Waals surface area contributed by atoms with Gasteiger partial charge in [-0.15, -0.1) is 0 Å². The van der Waals surface area contributed by atoms with E-state index in [4.69, 9.17) is 26.7 Å². The van der Waals surface area contributed by atoms with Crippen molar-refractivity contribution in [3.63, 3.8) is 0 Å². The molecular weight excluding hydrogens is 408 g/mol. The van der Waals surface area contributed by atoms with E-state index in [-0.39, 0.29) is 0 Å². The first-order valence-electron chi connectivity index (χ1n) is 10.9. The molecule has 0 N–H and O–H groups in total. The third-order valence-electron chi connectivity index (χ3n) is 5.89. The van der Waals surface area contributed by atoms with Crippen molar-refractivity contribution in [1.82, 2.24) is 29.2 Å². The lowest BCUT2D eigenvalue weighted by atomic mass is 9.97. The minimum atomic E-state index is 0.363. The van der Waals surface area contributed by atoms with Crippen molar-refractivity contribution in [2.45, 2.75) is 45.3 Å². The molecule has 0 atom stereocenters. The van der Waals surface area contributed by atoms with E-state index in [1.807, 2.05) is 41.1 Å². The maximum Gasteiger partial charge on any atom is 0.199 e. The number of oxazole rings is 1. The van der Waals surface area contributed by atoms with Crippen molar-refractivity contribution in [1.29, 1.82) is 0 Å². The zero-order valence-corrected chi connectivity index (χ0v) is 18.5. The second-order valence-corrected chi connectivity index (χ2v) is 8.41. The Bertz CT molecular complexity index is 1190. The average molecular weight is 435 g/mol. The third kappa shape index (κ3) is 4.05. The van der Waals surface area contributed by atoms with E-state index in [0.29, 0.717) is 12.6 Å². The van der Waals surface area contributed by atoms with E-state index >= 15 is 0 Å². The first-order chi connectivity index (χ1) is 15.2. The summed E-state index contributed by atoms with van der Waals surface area (Å²) in [6.07, 6.45) is 6.64. The van der Waals surface area contributed by atoms with Crippen LogP contribution in [0, 0.1) is 4.77 Å². The van der Waals surface area contributed by atoms with Crippen LogP contribution in [0.1, 0.15) is 38.0 Å². The molecule has 3 aromatic heterocycles. The summed E-state index contributed by atoms with van der Waals surface area (Å²) >= 11 is 5.78. The van der Waals surface area contributed by atoms with Gasteiger partial charge in [-0.05, 0) is 55.7 Å². The largest absolute Gasteiger partial charge is 0.440 e. The highest BCUT2D eigenvalue weighted by Gasteiger charge is 2.25. The molecule has 7 nitrogen and oxygen atoms in total. The summed E-state index contributed by atoms with van der Waals surface area (Å²) in [5.74, 6) is 2.14. The number of fused-ring (bicyclic) bond motifs is 1. The van der Waals surface area contributed by atoms with Crippen LogP contribution in [0.15, 0.2) is 53.2 Å². The van der Waals surface area contributed by atoms with Crippen LogP contribution in [0.4, 0.5) is 0 Å². The Kier molecular flexibility index (Phi) is 5.65. The van der Waals surface area contributed by atoms with E-state index in [2.05, 4.69) is 21.4 Å². The zero-order chi connectivity index (χ0) is 21.2. The predicted octanol–water partition coefficient (Wildman–Crippen LogP) is 4.86. The first-order valence-corrected chi connectivity index (χ1v) is 11.3. The highest BCUT2D eigenvalue weighted by atomic mass is 32.1. The summed E-state index contributed by atoms with van der Waals surface area (Å²) < 4.78 is 10.9. The Morgan fingerprint density at radius 3 is 2.61 bits per heavy atom. The Morgan fingerprint density at radius 1 is 1.10 bits per heavy atom. The molecule has 4 aromatic rings. The normalized spacial score (nSPS) is 15.6. The number of benzene rings is 1. The van der Waals surface area contributed by atoms with Crippen LogP contribution in [-0.2, 0) is 13.2 Å². The molecule has 1 aromatic carbocycles. The van der Waals surface area contributed by atoms with Crippen LogP contribution in [0.3, 0.4) is 0 Å². The Labute approximate surface area is 186 Å². The number of para-hydroxylation sites is 2. The van der Waals surface area contributed by atoms with Gasteiger partial charge in [0.2, 0.25) is 0 Å². The van der Waals surface area contributed by atoms with Gasteiger partial charge < -0.3 is 4.42 Å². The Hall–Kier alpha value is -2.84. The molecule has 0 aliphatic carbocycles. The van der Waals surface area contributed by atoms with E-state index < -0.39 is 0 Å². The predicted molar refractivity (Wildman–Crippen MR) is 122 cm³/mol. The monoisotopic (exact) mass is 434 g/mol. The smallest absolute Gasteiger partial charge is 0.199 e. The molecule has 1 saturated heterocycles. The number of nitrogens with zero attached hydrogens (tertiary/aromatic N) is 6. The maximum atomic E-state index is 6.00. The molecule has 1 aliphatic heterocycles. The molecule has 160 valence electrons. The van der Waals surface area contributed by atoms with Crippen LogP contribution < -0.4 is 0 Å². The number of piperidine rings is 1. The van der Waals surface area contributed by atoms with Gasteiger partial charge in [0.15, 0.2) is 22.1 Å². The van der Waals surface area contributed by atoms with Crippen LogP contribution in [0.25, 0.3) is 22.5 Å². The lowest BCUT2D eigenvalue weighted by molar-refractivity contribution is 0.153. The number of aromatic nitrogens is 5. The minimum absolute atomic E-state index is 0.363. The summed E-state index contributed by atoms with van der Waals surface area (Å²) in [4.78, 5) is 11.2. The molecule has 1 aliphatic rings. The molecule has 0 amide bonds. The molecule has 5 rings (SSSR count). The van der Waals surface area contributed by atoms with E-state index in [1.54, 1.807) is 12.4 Å². The molecule has 0 unspecified atom stereocenters. The molecular formula is C23H26N6OS. The molecule has 0 radical (unpaired) electrons. The Balaban J connectivity index is 1.30. The van der Waals surface area contributed by atoms with Gasteiger partial charge in [-0.2, -0.15) is 5.10 Å². The van der Waals surface area contributed by atoms with Crippen LogP contribution in [0.2, 0.25) is 0 Å². The van der Waals surface area contributed by atoms with Gasteiger partial charge in [0, 0.05) is 43.5 Å². The minimum Gasteiger partial charge on any atom is -0.440 e. The second-order valence-electron chi connectivity index (χ2n) is 8.05. The van der Waals surface area contributed by atoms with Gasteiger partial charge >= 0.3 is 0 Å². The first kappa shape index (κ1) is 20.1. The van der Waals surface area contributed by atoms with Crippen molar-refractivity contribution >= 4 is 23.3 Å². The van der Waals surface area contributed by atoms with Crippen molar-refractivity contribution in [2.75, 3.05) is 13.1 Å². The standard InChI is InChI=1S/C23H26N6OS/c1-2-13-28-21(17-7-11-24-12-8-17)26-29(23(28)31)16-27-14-9-18(10-15-27)22-25-19-5-3-4-6-20(19)30-22/h3-8,11-12,18H,2,9-10,13-16H2,1H3. The molecule has 0 bridgehead atoms. The fourth-order valence-corrected chi connectivity index (χ4v) is 4.52. The van der Waals surface area contributed by atoms with Gasteiger partial charge in [-0.1, -0.05) is 19.1 Å². The molecule has 8 heteroatoms. The van der Waals surface area contributed by atoms with Gasteiger partial charge in [0.05, 0.1) is 6.67 Å². The summed E-state index contributed by atoms with van der Waals surface area (Å²) in [6, 6.07) is 11.9. The van der Waals surface area contributed by atoms with Crippen molar-refractivity contribution in [3.05, 3.63) is 59.5 Å². The molecule has 0 saturated carbocycles. The summed E-state index contributed by atoms with van der Waals surface area (Å²) in [7, 11) is 0. The number of likely N-dealkylation sites (tertiary alicyclic amines) is 1. The van der Waals surface area contributed by atoms with Crippen LogP contribution >= 0.6 is 12.2 Å². The van der Waals surface area contributed by atoms with E-state index in [1.165, 1.54) is 0 Å². The Morgan fingerprint density at radius 2 is 1.87 bits per heavy atom. The number of pyridine rings is 1. The topological polar surface area (TPSA) is 64.9 Å². The van der Waals surface area contributed by atoms with Crippen molar-refractivity contribution in [2.24, 2.45) is 0 Å². The lowest BCUT2D eigenvalue weighted by Crippen LogP contribution is -2.35. The molecule has 4 heterocycles. The van der Waals surface area contributed by atoms with Gasteiger partial charge in [0.25, 0.3) is 0 Å². The fraction of sp³-hybridized carbons (Fsp3) is 0.391. The SMILES string of the molecule is CCCn1c(-c2ccncc2)nn(CN2CCC(c3nc4ccccc4o3)CC2)c1=S. The molecule has 31 heavy (non-hydrogen) atoms. The number of rotatable bonds is 6. The summed E-state index contributed by atoms with van der Waals surface area (Å²) in [5.41, 5.74) is 2.86. The summed E-state index contributed by atoms with van der Waals surface area (Å²) in [6.45, 7) is 5.66. The van der Waals surface area contributed by atoms with Crippen LogP contribution in [0.5, 0.6) is 0 Å². The van der Waals surface area contributed by atoms with Gasteiger partial charge in [0.1, 0.15) is 5.52 Å². The van der Waals surface area contributed by atoms with Crippen molar-refractivity contribution in [3.8, 4) is 11.4 Å². The zero-order valence-electron chi connectivity index (χ0n) is 17.6. The average Bonchev–Trinajstić information content (AvgIpc) is 3.37. The van der Waals surface area contributed by atoms with E-state index in [9.17, 15) is 0 Å². The molecule has 0 spiro atoms. The lowest BCUT2D eigenvalue weighted by Gasteiger charge is -2.30. The van der Waals surface area contributed by atoms with Gasteiger partial charge in [-0.25, -0.2) is 9.67 Å². The van der Waals surface area contributed by atoms with Crippen molar-refractivity contribution < 1.29 is 4.42 Å². The third-order valence-corrected chi connectivity index (χ3v) is 6.32. The number of hydrogen-bond acceptors (Lipinski definition) is 6. The quantitative estimate of drug-likeness (QED) is 0.404. The fourth-order valence-electron chi connectivity index (χ4n) is 4.25. The van der Waals surface area contributed by atoms with E-state index in [0.717, 1.165) is 72.0 Å². The van der Waals surface area contributed by atoms with Gasteiger partial charge in [-0.3, -0.25) is 14.5 Å². The van der Waals surface area contributed by atoms with Crippen LogP contribution in [-0.4, -0.2) is 42.3 Å². The highest BCUT2D eigenvalue weighted by molar-refractivity contribution is 7.71. The summed E-state index contributed by atoms with van der Waals surface area (Å²) in [5, 5.41) is 4.87.